The van der Waals surface area contributed by atoms with Crippen LogP contribution in [0, 0.1) is 18.3 Å². The number of aromatic amines is 1. The van der Waals surface area contributed by atoms with Gasteiger partial charge >= 0.3 is 0 Å². The van der Waals surface area contributed by atoms with E-state index in [-0.39, 0.29) is 29.1 Å². The maximum Gasteiger partial charge on any atom is 0.250 e. The first-order valence-corrected chi connectivity index (χ1v) is 16.9. The number of fused-ring (bicyclic) bond motifs is 1. The molecular formula is C37H44N4O2S. The van der Waals surface area contributed by atoms with Crippen LogP contribution in [-0.4, -0.2) is 52.8 Å². The van der Waals surface area contributed by atoms with Crippen LogP contribution < -0.4 is 10.2 Å². The molecule has 4 aromatic rings. The number of H-pyrrole nitrogens is 1. The summed E-state index contributed by atoms with van der Waals surface area (Å²) < 4.78 is 0. The van der Waals surface area contributed by atoms with E-state index in [0.29, 0.717) is 25.8 Å². The highest BCUT2D eigenvalue weighted by molar-refractivity contribution is 7.99. The fourth-order valence-corrected chi connectivity index (χ4v) is 8.53. The average Bonchev–Trinajstić information content (AvgIpc) is 3.37. The molecule has 0 spiro atoms. The zero-order valence-corrected chi connectivity index (χ0v) is 27.3. The van der Waals surface area contributed by atoms with Crippen molar-refractivity contribution in [1.29, 1.82) is 0 Å². The van der Waals surface area contributed by atoms with Crippen molar-refractivity contribution < 1.29 is 9.59 Å². The second-order valence-electron chi connectivity index (χ2n) is 13.3. The van der Waals surface area contributed by atoms with Gasteiger partial charge in [-0.25, -0.2) is 0 Å². The highest BCUT2D eigenvalue weighted by atomic mass is 32.2. The summed E-state index contributed by atoms with van der Waals surface area (Å²) >= 11 is 1.86. The van der Waals surface area contributed by atoms with E-state index < -0.39 is 5.54 Å². The van der Waals surface area contributed by atoms with E-state index in [1.807, 2.05) is 78.1 Å². The number of nitrogens with zero attached hydrogens (tertiary/aromatic N) is 2. The number of carbonyl (C=O) groups is 2. The fraction of sp³-hybridized carbons (Fsp3) is 0.405. The zero-order chi connectivity index (χ0) is 31.1. The lowest BCUT2D eigenvalue weighted by Gasteiger charge is -2.45. The highest BCUT2D eigenvalue weighted by Gasteiger charge is 2.60. The van der Waals surface area contributed by atoms with Gasteiger partial charge in [-0.1, -0.05) is 62.4 Å². The normalized spacial score (nSPS) is 20.2. The molecule has 7 heteroatoms. The van der Waals surface area contributed by atoms with Crippen molar-refractivity contribution in [2.75, 3.05) is 35.8 Å². The first-order valence-electron chi connectivity index (χ1n) is 15.7. The molecule has 1 saturated carbocycles. The molecule has 0 bridgehead atoms. The van der Waals surface area contributed by atoms with Crippen LogP contribution in [0.1, 0.15) is 55.8 Å². The monoisotopic (exact) mass is 608 g/mol. The molecule has 1 aliphatic heterocycles. The lowest BCUT2D eigenvalue weighted by atomic mass is 9.87. The van der Waals surface area contributed by atoms with Crippen LogP contribution in [0.4, 0.5) is 11.4 Å². The van der Waals surface area contributed by atoms with E-state index in [2.05, 4.69) is 67.5 Å². The standard InChI is InChI=1S/C37H44N4O2S/c1-25-33(29-13-9-10-14-31(29)38-25)34-30(36(34,2)3)23-32(42)41(24-26-11-7-6-8-12-26)37(19-21-44-22-20-37)35(43)39-27-15-17-28(18-16-27)40(4)5/h6-18,30,34,38H,19-24H2,1-5H3,(H,39,43)/t30-,34-/m1/s1. The van der Waals surface area contributed by atoms with Gasteiger partial charge in [-0.15, -0.1) is 0 Å². The van der Waals surface area contributed by atoms with E-state index >= 15 is 0 Å². The van der Waals surface area contributed by atoms with Crippen LogP contribution in [0.25, 0.3) is 10.9 Å². The molecule has 6 rings (SSSR count). The SMILES string of the molecule is Cc1[nH]c2ccccc2c1[C@H]1[C@@H](CC(=O)N(Cc2ccccc2)C2(C(=O)Nc3ccc(N(C)C)cc3)CCSCC2)C1(C)C. The summed E-state index contributed by atoms with van der Waals surface area (Å²) in [6.07, 6.45) is 1.69. The molecule has 230 valence electrons. The Labute approximate surface area is 265 Å². The number of thioether (sulfide) groups is 1. The third-order valence-corrected chi connectivity index (χ3v) is 11.1. The minimum atomic E-state index is -0.913. The summed E-state index contributed by atoms with van der Waals surface area (Å²) in [5.74, 6) is 2.15. The van der Waals surface area contributed by atoms with E-state index in [1.54, 1.807) is 0 Å². The Kier molecular flexibility index (Phi) is 8.27. The minimum Gasteiger partial charge on any atom is -0.378 e. The fourth-order valence-electron chi connectivity index (χ4n) is 7.36. The molecule has 2 heterocycles. The molecule has 2 N–H and O–H groups in total. The number of hydrogen-bond donors (Lipinski definition) is 2. The number of hydrogen-bond acceptors (Lipinski definition) is 4. The second-order valence-corrected chi connectivity index (χ2v) is 14.5. The molecule has 1 saturated heterocycles. The molecule has 2 amide bonds. The summed E-state index contributed by atoms with van der Waals surface area (Å²) in [5, 5.41) is 4.47. The molecule has 44 heavy (non-hydrogen) atoms. The first-order chi connectivity index (χ1) is 21.1. The van der Waals surface area contributed by atoms with Gasteiger partial charge in [-0.05, 0) is 90.0 Å². The van der Waals surface area contributed by atoms with Gasteiger partial charge in [0, 0.05) is 55.0 Å². The van der Waals surface area contributed by atoms with E-state index in [9.17, 15) is 9.59 Å². The predicted molar refractivity (Wildman–Crippen MR) is 183 cm³/mol. The molecule has 1 aliphatic carbocycles. The summed E-state index contributed by atoms with van der Waals surface area (Å²) in [6.45, 7) is 7.14. The van der Waals surface area contributed by atoms with Crippen molar-refractivity contribution in [2.45, 2.75) is 58.0 Å². The Morgan fingerprint density at radius 3 is 2.27 bits per heavy atom. The molecule has 0 unspecified atom stereocenters. The van der Waals surface area contributed by atoms with E-state index in [4.69, 9.17) is 0 Å². The number of rotatable bonds is 9. The quantitative estimate of drug-likeness (QED) is 0.205. The van der Waals surface area contributed by atoms with Crippen molar-refractivity contribution >= 4 is 45.9 Å². The Bertz CT molecular complexity index is 1640. The number of amides is 2. The summed E-state index contributed by atoms with van der Waals surface area (Å²) in [4.78, 5) is 36.6. The molecule has 2 fully saturated rings. The third-order valence-electron chi connectivity index (χ3n) is 10.1. The van der Waals surface area contributed by atoms with Crippen LogP contribution >= 0.6 is 11.8 Å². The lowest BCUT2D eigenvalue weighted by molar-refractivity contribution is -0.147. The maximum absolute atomic E-state index is 14.7. The Morgan fingerprint density at radius 2 is 1.59 bits per heavy atom. The Morgan fingerprint density at radius 1 is 0.932 bits per heavy atom. The number of aromatic nitrogens is 1. The van der Waals surface area contributed by atoms with Crippen molar-refractivity contribution in [3.05, 3.63) is 95.7 Å². The van der Waals surface area contributed by atoms with Gasteiger partial charge in [0.2, 0.25) is 11.8 Å². The average molecular weight is 609 g/mol. The number of carbonyl (C=O) groups excluding carboxylic acids is 2. The zero-order valence-electron chi connectivity index (χ0n) is 26.5. The number of para-hydroxylation sites is 1. The van der Waals surface area contributed by atoms with Crippen LogP contribution in [0.2, 0.25) is 0 Å². The number of aryl methyl sites for hydroxylation is 1. The minimum absolute atomic E-state index is 0.0180. The van der Waals surface area contributed by atoms with E-state index in [1.165, 1.54) is 16.6 Å². The number of anilines is 2. The van der Waals surface area contributed by atoms with Crippen LogP contribution in [0.5, 0.6) is 0 Å². The first kappa shape index (κ1) is 30.3. The second kappa shape index (κ2) is 12.0. The predicted octanol–water partition coefficient (Wildman–Crippen LogP) is 7.61. The molecule has 1 aromatic heterocycles. The molecular weight excluding hydrogens is 565 g/mol. The number of nitrogens with one attached hydrogen (secondary N) is 2. The van der Waals surface area contributed by atoms with Crippen LogP contribution in [-0.2, 0) is 16.1 Å². The largest absolute Gasteiger partial charge is 0.378 e. The summed E-state index contributed by atoms with van der Waals surface area (Å²) in [5.41, 5.74) is 5.59. The third kappa shape index (κ3) is 5.63. The maximum atomic E-state index is 14.7. The summed E-state index contributed by atoms with van der Waals surface area (Å²) in [6, 6.07) is 26.5. The molecule has 2 aliphatic rings. The van der Waals surface area contributed by atoms with Crippen molar-refractivity contribution in [3.63, 3.8) is 0 Å². The van der Waals surface area contributed by atoms with Crippen molar-refractivity contribution in [2.24, 2.45) is 11.3 Å². The van der Waals surface area contributed by atoms with Gasteiger partial charge in [0.1, 0.15) is 5.54 Å². The molecule has 0 radical (unpaired) electrons. The van der Waals surface area contributed by atoms with Gasteiger partial charge in [0.05, 0.1) is 0 Å². The lowest BCUT2D eigenvalue weighted by Crippen LogP contribution is -2.60. The van der Waals surface area contributed by atoms with Crippen LogP contribution in [0.15, 0.2) is 78.9 Å². The van der Waals surface area contributed by atoms with Gasteiger partial charge in [-0.3, -0.25) is 9.59 Å². The molecule has 2 atom stereocenters. The van der Waals surface area contributed by atoms with Crippen molar-refractivity contribution in [1.82, 2.24) is 9.88 Å². The number of benzene rings is 3. The molecule has 3 aromatic carbocycles. The van der Waals surface area contributed by atoms with Gasteiger partial charge in [-0.2, -0.15) is 11.8 Å². The van der Waals surface area contributed by atoms with Gasteiger partial charge < -0.3 is 20.1 Å². The highest BCUT2D eigenvalue weighted by Crippen LogP contribution is 2.67. The van der Waals surface area contributed by atoms with Crippen molar-refractivity contribution in [3.8, 4) is 0 Å². The van der Waals surface area contributed by atoms with Crippen LogP contribution in [0.3, 0.4) is 0 Å². The topological polar surface area (TPSA) is 68.4 Å². The Hall–Kier alpha value is -3.71. The Balaban J connectivity index is 1.32. The smallest absolute Gasteiger partial charge is 0.250 e. The summed E-state index contributed by atoms with van der Waals surface area (Å²) in [7, 11) is 4.00. The van der Waals surface area contributed by atoms with E-state index in [0.717, 1.165) is 34.0 Å². The molecule has 6 nitrogen and oxygen atoms in total. The van der Waals surface area contributed by atoms with Gasteiger partial charge in [0.15, 0.2) is 0 Å². The van der Waals surface area contributed by atoms with Gasteiger partial charge in [0.25, 0.3) is 0 Å².